The van der Waals surface area contributed by atoms with Crippen LogP contribution < -0.4 is 0 Å². The first kappa shape index (κ1) is 14.7. The van der Waals surface area contributed by atoms with Gasteiger partial charge in [0.05, 0.1) is 4.90 Å². The molecule has 0 atom stereocenters. The molecular weight excluding hydrogens is 278 g/mol. The van der Waals surface area contributed by atoms with Gasteiger partial charge in [0.1, 0.15) is 0 Å². The van der Waals surface area contributed by atoms with E-state index in [9.17, 15) is 13.2 Å². The summed E-state index contributed by atoms with van der Waals surface area (Å²) in [6.45, 7) is 1.73. The van der Waals surface area contributed by atoms with E-state index < -0.39 is 16.0 Å². The fourth-order valence-electron chi connectivity index (χ4n) is 1.96. The summed E-state index contributed by atoms with van der Waals surface area (Å²) in [5, 5.41) is 8.61. The van der Waals surface area contributed by atoms with Gasteiger partial charge in [-0.1, -0.05) is 12.1 Å². The Balaban J connectivity index is 2.40. The second-order valence-electron chi connectivity index (χ2n) is 4.95. The van der Waals surface area contributed by atoms with Crippen LogP contribution in [-0.2, 0) is 14.8 Å². The number of carbonyl (C=O) groups is 1. The Morgan fingerprint density at radius 2 is 2.05 bits per heavy atom. The molecule has 0 aliphatic heterocycles. The zero-order chi connectivity index (χ0) is 14.9. The lowest BCUT2D eigenvalue weighted by Gasteiger charge is -2.18. The number of carboxylic acid groups (broad SMARTS) is 1. The quantitative estimate of drug-likeness (QED) is 0.842. The van der Waals surface area contributed by atoms with Crippen molar-refractivity contribution >= 4 is 22.1 Å². The molecule has 0 spiro atoms. The Labute approximate surface area is 118 Å². The standard InChI is InChI=1S/C14H17NO4S/c1-10-3-4-11(5-8-14(16)17)9-13(10)20(18,19)15(2)12-6-7-12/h3-5,8-9,12H,6-7H2,1-2H3,(H,16,17). The minimum atomic E-state index is -3.52. The molecule has 0 heterocycles. The molecule has 0 bridgehead atoms. The largest absolute Gasteiger partial charge is 0.478 e. The molecule has 5 nitrogen and oxygen atoms in total. The van der Waals surface area contributed by atoms with E-state index in [1.165, 1.54) is 16.4 Å². The van der Waals surface area contributed by atoms with Gasteiger partial charge < -0.3 is 5.11 Å². The zero-order valence-electron chi connectivity index (χ0n) is 11.4. The van der Waals surface area contributed by atoms with Gasteiger partial charge in [-0.15, -0.1) is 0 Å². The van der Waals surface area contributed by atoms with Crippen LogP contribution in [0.1, 0.15) is 24.0 Å². The number of aliphatic carboxylic acids is 1. The van der Waals surface area contributed by atoms with E-state index in [1.54, 1.807) is 26.1 Å². The number of sulfonamides is 1. The topological polar surface area (TPSA) is 74.7 Å². The Morgan fingerprint density at radius 3 is 2.60 bits per heavy atom. The third-order valence-electron chi connectivity index (χ3n) is 3.35. The molecule has 1 aliphatic carbocycles. The van der Waals surface area contributed by atoms with Crippen LogP contribution in [-0.4, -0.2) is 36.9 Å². The van der Waals surface area contributed by atoms with Crippen LogP contribution >= 0.6 is 0 Å². The normalized spacial score (nSPS) is 15.9. The Bertz CT molecular complexity index is 660. The summed E-state index contributed by atoms with van der Waals surface area (Å²) >= 11 is 0. The van der Waals surface area contributed by atoms with Crippen molar-refractivity contribution in [2.24, 2.45) is 0 Å². The lowest BCUT2D eigenvalue weighted by Crippen LogP contribution is -2.29. The molecule has 6 heteroatoms. The van der Waals surface area contributed by atoms with Gasteiger partial charge in [-0.25, -0.2) is 13.2 Å². The summed E-state index contributed by atoms with van der Waals surface area (Å²) in [7, 11) is -1.93. The van der Waals surface area contributed by atoms with E-state index in [0.29, 0.717) is 11.1 Å². The van der Waals surface area contributed by atoms with Crippen LogP contribution in [0.25, 0.3) is 6.08 Å². The molecule has 108 valence electrons. The van der Waals surface area contributed by atoms with Crippen molar-refractivity contribution in [2.45, 2.75) is 30.7 Å². The summed E-state index contributed by atoms with van der Waals surface area (Å²) in [5.74, 6) is -1.06. The van der Waals surface area contributed by atoms with Crippen LogP contribution in [0.15, 0.2) is 29.2 Å². The average molecular weight is 295 g/mol. The van der Waals surface area contributed by atoms with Crippen molar-refractivity contribution in [1.29, 1.82) is 0 Å². The van der Waals surface area contributed by atoms with Crippen molar-refractivity contribution in [1.82, 2.24) is 4.31 Å². The molecule has 1 aromatic carbocycles. The number of benzene rings is 1. The Morgan fingerprint density at radius 1 is 1.40 bits per heavy atom. The fraction of sp³-hybridized carbons (Fsp3) is 0.357. The monoisotopic (exact) mass is 295 g/mol. The smallest absolute Gasteiger partial charge is 0.328 e. The van der Waals surface area contributed by atoms with Gasteiger partial charge in [0.15, 0.2) is 0 Å². The zero-order valence-corrected chi connectivity index (χ0v) is 12.2. The predicted octanol–water partition coefficient (Wildman–Crippen LogP) is 1.88. The summed E-state index contributed by atoms with van der Waals surface area (Å²) in [6.07, 6.45) is 4.17. The number of carboxylic acids is 1. The third kappa shape index (κ3) is 3.08. The van der Waals surface area contributed by atoms with Crippen molar-refractivity contribution in [3.05, 3.63) is 35.4 Å². The highest BCUT2D eigenvalue weighted by molar-refractivity contribution is 7.89. The molecule has 2 rings (SSSR count). The van der Waals surface area contributed by atoms with Crippen LogP contribution in [0.5, 0.6) is 0 Å². The molecule has 1 N–H and O–H groups in total. The first-order chi connectivity index (χ1) is 9.32. The Kier molecular flexibility index (Phi) is 3.96. The molecule has 0 amide bonds. The van der Waals surface area contributed by atoms with Crippen molar-refractivity contribution in [3.63, 3.8) is 0 Å². The fourth-order valence-corrected chi connectivity index (χ4v) is 3.63. The first-order valence-corrected chi connectivity index (χ1v) is 7.76. The highest BCUT2D eigenvalue weighted by Gasteiger charge is 2.35. The second kappa shape index (κ2) is 5.38. The van der Waals surface area contributed by atoms with E-state index >= 15 is 0 Å². The van der Waals surface area contributed by atoms with Gasteiger partial charge in [0, 0.05) is 19.2 Å². The van der Waals surface area contributed by atoms with Crippen molar-refractivity contribution in [2.75, 3.05) is 7.05 Å². The summed E-state index contributed by atoms with van der Waals surface area (Å²) in [4.78, 5) is 10.7. The molecule has 0 unspecified atom stereocenters. The maximum atomic E-state index is 12.5. The highest BCUT2D eigenvalue weighted by atomic mass is 32.2. The second-order valence-corrected chi connectivity index (χ2v) is 6.91. The number of hydrogen-bond acceptors (Lipinski definition) is 3. The lowest BCUT2D eigenvalue weighted by atomic mass is 10.1. The first-order valence-electron chi connectivity index (χ1n) is 6.32. The minimum absolute atomic E-state index is 0.0950. The van der Waals surface area contributed by atoms with Gasteiger partial charge in [-0.05, 0) is 43.0 Å². The molecule has 20 heavy (non-hydrogen) atoms. The number of hydrogen-bond donors (Lipinski definition) is 1. The van der Waals surface area contributed by atoms with Crippen molar-refractivity contribution < 1.29 is 18.3 Å². The van der Waals surface area contributed by atoms with Crippen LogP contribution in [0.3, 0.4) is 0 Å². The maximum Gasteiger partial charge on any atom is 0.328 e. The summed E-state index contributed by atoms with van der Waals surface area (Å²) in [6, 6.07) is 5.00. The third-order valence-corrected chi connectivity index (χ3v) is 5.40. The highest BCUT2D eigenvalue weighted by Crippen LogP contribution is 2.31. The minimum Gasteiger partial charge on any atom is -0.478 e. The van der Waals surface area contributed by atoms with Crippen LogP contribution in [0.2, 0.25) is 0 Å². The summed E-state index contributed by atoms with van der Waals surface area (Å²) in [5.41, 5.74) is 1.21. The van der Waals surface area contributed by atoms with Crippen LogP contribution in [0.4, 0.5) is 0 Å². The van der Waals surface area contributed by atoms with E-state index in [1.807, 2.05) is 0 Å². The predicted molar refractivity (Wildman–Crippen MR) is 75.8 cm³/mol. The molecule has 0 radical (unpaired) electrons. The van der Waals surface area contributed by atoms with Gasteiger partial charge in [0.25, 0.3) is 0 Å². The SMILES string of the molecule is Cc1ccc(C=CC(=O)O)cc1S(=O)(=O)N(C)C1CC1. The molecule has 1 aliphatic rings. The number of nitrogens with zero attached hydrogens (tertiary/aromatic N) is 1. The van der Waals surface area contributed by atoms with Gasteiger partial charge >= 0.3 is 5.97 Å². The van der Waals surface area contributed by atoms with Gasteiger partial charge in [-0.3, -0.25) is 0 Å². The number of rotatable bonds is 5. The molecule has 0 saturated heterocycles. The van der Waals surface area contributed by atoms with Gasteiger partial charge in [-0.2, -0.15) is 4.31 Å². The van der Waals surface area contributed by atoms with E-state index in [4.69, 9.17) is 5.11 Å². The molecule has 1 saturated carbocycles. The molecule has 1 fully saturated rings. The average Bonchev–Trinajstić information content (AvgIpc) is 3.20. The molecule has 1 aromatic rings. The summed E-state index contributed by atoms with van der Waals surface area (Å²) < 4.78 is 26.4. The van der Waals surface area contributed by atoms with Crippen molar-refractivity contribution in [3.8, 4) is 0 Å². The van der Waals surface area contributed by atoms with E-state index in [-0.39, 0.29) is 10.9 Å². The van der Waals surface area contributed by atoms with Crippen LogP contribution in [0, 0.1) is 6.92 Å². The van der Waals surface area contributed by atoms with Gasteiger partial charge in [0.2, 0.25) is 10.0 Å². The molecular formula is C14H17NO4S. The Hall–Kier alpha value is -1.66. The van der Waals surface area contributed by atoms with E-state index in [0.717, 1.165) is 18.9 Å². The molecule has 0 aromatic heterocycles. The maximum absolute atomic E-state index is 12.5. The number of aryl methyl sites for hydroxylation is 1. The lowest BCUT2D eigenvalue weighted by molar-refractivity contribution is -0.131. The van der Waals surface area contributed by atoms with E-state index in [2.05, 4.69) is 0 Å².